The van der Waals surface area contributed by atoms with Crippen molar-refractivity contribution in [2.45, 2.75) is 297 Å². The first-order chi connectivity index (χ1) is 39.0. The monoisotopic (exact) mass is 1090 g/mol. The summed E-state index contributed by atoms with van der Waals surface area (Å²) in [6, 6.07) is 0. The molecule has 0 aromatic rings. The lowest BCUT2D eigenvalue weighted by atomic mass is 10.1. The minimum Gasteiger partial charge on any atom is -0.462 e. The highest BCUT2D eigenvalue weighted by Gasteiger charge is 2.19. The molecule has 1 unspecified atom stereocenters. The Kier molecular flexibility index (Phi) is 62.3. The second-order valence-electron chi connectivity index (χ2n) is 21.3. The number of esters is 3. The summed E-state index contributed by atoms with van der Waals surface area (Å²) in [5.74, 6) is -0.948. The summed E-state index contributed by atoms with van der Waals surface area (Å²) in [7, 11) is 0. The molecule has 0 spiro atoms. The summed E-state index contributed by atoms with van der Waals surface area (Å²) in [5.41, 5.74) is 0. The van der Waals surface area contributed by atoms with Crippen molar-refractivity contribution >= 4 is 17.9 Å². The van der Waals surface area contributed by atoms with Crippen molar-refractivity contribution in [3.63, 3.8) is 0 Å². The molecule has 448 valence electrons. The van der Waals surface area contributed by atoms with Crippen molar-refractivity contribution in [1.82, 2.24) is 0 Å². The fourth-order valence-corrected chi connectivity index (χ4v) is 8.76. The molecular weight excluding hydrogens is 973 g/mol. The third kappa shape index (κ3) is 64.3. The van der Waals surface area contributed by atoms with Gasteiger partial charge in [-0.3, -0.25) is 14.4 Å². The SMILES string of the molecule is CC/C=C\C/C=C\C/C=C\C/C=C\C/C=C\C/C=C\C/C=C\C/C=C\CCCCC(=O)OCC(COC(=O)CCCCCCCCCCCCC)OC(=O)CCCCCCCCCC/C=C\C/C=C\C/C=C\CCCCCCC. The zero-order chi connectivity index (χ0) is 57.1. The number of allylic oxidation sites excluding steroid dienone is 22. The first-order valence-corrected chi connectivity index (χ1v) is 32.7. The molecule has 6 nitrogen and oxygen atoms in total. The van der Waals surface area contributed by atoms with Crippen LogP contribution in [0.4, 0.5) is 0 Å². The highest BCUT2D eigenvalue weighted by molar-refractivity contribution is 5.71. The Balaban J connectivity index is 4.41. The fraction of sp³-hybridized carbons (Fsp3) is 0.658. The van der Waals surface area contributed by atoms with Crippen LogP contribution in [0.1, 0.15) is 290 Å². The van der Waals surface area contributed by atoms with Crippen molar-refractivity contribution < 1.29 is 28.6 Å². The van der Waals surface area contributed by atoms with Gasteiger partial charge in [0, 0.05) is 19.3 Å². The van der Waals surface area contributed by atoms with Crippen molar-refractivity contribution in [1.29, 1.82) is 0 Å². The van der Waals surface area contributed by atoms with Gasteiger partial charge < -0.3 is 14.2 Å². The highest BCUT2D eigenvalue weighted by atomic mass is 16.6. The van der Waals surface area contributed by atoms with Gasteiger partial charge in [-0.25, -0.2) is 0 Å². The molecule has 0 saturated heterocycles. The van der Waals surface area contributed by atoms with Crippen LogP contribution in [0.2, 0.25) is 0 Å². The zero-order valence-electron chi connectivity index (χ0n) is 51.3. The van der Waals surface area contributed by atoms with Crippen LogP contribution in [-0.4, -0.2) is 37.2 Å². The third-order valence-corrected chi connectivity index (χ3v) is 13.6. The highest BCUT2D eigenvalue weighted by Crippen LogP contribution is 2.15. The number of carbonyl (C=O) groups excluding carboxylic acids is 3. The molecule has 0 aliphatic rings. The molecular formula is C73H120O6. The lowest BCUT2D eigenvalue weighted by Crippen LogP contribution is -2.30. The molecule has 0 bridgehead atoms. The molecule has 0 N–H and O–H groups in total. The average molecular weight is 1090 g/mol. The predicted octanol–water partition coefficient (Wildman–Crippen LogP) is 22.5. The predicted molar refractivity (Wildman–Crippen MR) is 343 cm³/mol. The van der Waals surface area contributed by atoms with Crippen LogP contribution in [0.3, 0.4) is 0 Å². The molecule has 0 aliphatic carbocycles. The van der Waals surface area contributed by atoms with E-state index in [1.54, 1.807) is 0 Å². The molecule has 0 fully saturated rings. The van der Waals surface area contributed by atoms with E-state index >= 15 is 0 Å². The normalized spacial score (nSPS) is 13.0. The Morgan fingerprint density at radius 1 is 0.266 bits per heavy atom. The molecule has 79 heavy (non-hydrogen) atoms. The van der Waals surface area contributed by atoms with E-state index in [0.717, 1.165) is 122 Å². The quantitative estimate of drug-likeness (QED) is 0.0261. The van der Waals surface area contributed by atoms with E-state index < -0.39 is 6.10 Å². The second kappa shape index (κ2) is 66.1. The van der Waals surface area contributed by atoms with Crippen LogP contribution in [0, 0.1) is 0 Å². The number of hydrogen-bond donors (Lipinski definition) is 0. The van der Waals surface area contributed by atoms with Crippen LogP contribution in [0.15, 0.2) is 134 Å². The number of ether oxygens (including phenoxy) is 3. The topological polar surface area (TPSA) is 78.9 Å². The average Bonchev–Trinajstić information content (AvgIpc) is 3.45. The number of carbonyl (C=O) groups is 3. The molecule has 0 aliphatic heterocycles. The van der Waals surface area contributed by atoms with Crippen LogP contribution in [0.25, 0.3) is 0 Å². The Hall–Kier alpha value is -4.45. The van der Waals surface area contributed by atoms with Gasteiger partial charge in [0.2, 0.25) is 0 Å². The van der Waals surface area contributed by atoms with Crippen LogP contribution in [0.5, 0.6) is 0 Å². The molecule has 0 heterocycles. The Bertz CT molecular complexity index is 1680. The van der Waals surface area contributed by atoms with E-state index in [9.17, 15) is 14.4 Å². The van der Waals surface area contributed by atoms with Crippen LogP contribution < -0.4 is 0 Å². The van der Waals surface area contributed by atoms with Crippen molar-refractivity contribution in [3.8, 4) is 0 Å². The zero-order valence-corrected chi connectivity index (χ0v) is 51.3. The van der Waals surface area contributed by atoms with E-state index in [0.29, 0.717) is 25.7 Å². The minimum atomic E-state index is -0.804. The maximum Gasteiger partial charge on any atom is 0.306 e. The smallest absolute Gasteiger partial charge is 0.306 e. The van der Waals surface area contributed by atoms with Crippen LogP contribution >= 0.6 is 0 Å². The van der Waals surface area contributed by atoms with Crippen LogP contribution in [-0.2, 0) is 28.6 Å². The Morgan fingerprint density at radius 3 is 0.797 bits per heavy atom. The molecule has 0 aromatic carbocycles. The molecule has 0 amide bonds. The van der Waals surface area contributed by atoms with Gasteiger partial charge in [-0.2, -0.15) is 0 Å². The lowest BCUT2D eigenvalue weighted by molar-refractivity contribution is -0.167. The van der Waals surface area contributed by atoms with Gasteiger partial charge in [0.05, 0.1) is 0 Å². The fourth-order valence-electron chi connectivity index (χ4n) is 8.76. The van der Waals surface area contributed by atoms with E-state index in [4.69, 9.17) is 14.2 Å². The van der Waals surface area contributed by atoms with E-state index in [2.05, 4.69) is 154 Å². The molecule has 6 heteroatoms. The molecule has 0 aromatic heterocycles. The van der Waals surface area contributed by atoms with Crippen molar-refractivity contribution in [3.05, 3.63) is 134 Å². The van der Waals surface area contributed by atoms with Gasteiger partial charge in [0.15, 0.2) is 6.10 Å². The largest absolute Gasteiger partial charge is 0.462 e. The molecule has 1 atom stereocenters. The maximum atomic E-state index is 12.9. The van der Waals surface area contributed by atoms with Crippen molar-refractivity contribution in [2.24, 2.45) is 0 Å². The summed E-state index contributed by atoms with van der Waals surface area (Å²) >= 11 is 0. The summed E-state index contributed by atoms with van der Waals surface area (Å²) in [4.78, 5) is 38.3. The van der Waals surface area contributed by atoms with Gasteiger partial charge >= 0.3 is 17.9 Å². The maximum absolute atomic E-state index is 12.9. The first kappa shape index (κ1) is 74.5. The molecule has 0 rings (SSSR count). The minimum absolute atomic E-state index is 0.0967. The van der Waals surface area contributed by atoms with Gasteiger partial charge in [-0.15, -0.1) is 0 Å². The Morgan fingerprint density at radius 2 is 0.494 bits per heavy atom. The first-order valence-electron chi connectivity index (χ1n) is 32.7. The number of hydrogen-bond acceptors (Lipinski definition) is 6. The molecule has 0 radical (unpaired) electrons. The summed E-state index contributed by atoms with van der Waals surface area (Å²) in [5, 5.41) is 0. The van der Waals surface area contributed by atoms with Gasteiger partial charge in [-0.1, -0.05) is 283 Å². The summed E-state index contributed by atoms with van der Waals surface area (Å²) < 4.78 is 16.9. The van der Waals surface area contributed by atoms with Crippen molar-refractivity contribution in [2.75, 3.05) is 13.2 Å². The Labute approximate surface area is 487 Å². The van der Waals surface area contributed by atoms with Gasteiger partial charge in [0.25, 0.3) is 0 Å². The van der Waals surface area contributed by atoms with E-state index in [-0.39, 0.29) is 31.1 Å². The van der Waals surface area contributed by atoms with E-state index in [1.807, 2.05) is 0 Å². The second-order valence-corrected chi connectivity index (χ2v) is 21.3. The van der Waals surface area contributed by atoms with E-state index in [1.165, 1.54) is 122 Å². The summed E-state index contributed by atoms with van der Waals surface area (Å²) in [6.45, 7) is 6.47. The van der Waals surface area contributed by atoms with Gasteiger partial charge in [0.1, 0.15) is 13.2 Å². The lowest BCUT2D eigenvalue weighted by Gasteiger charge is -2.18. The summed E-state index contributed by atoms with van der Waals surface area (Å²) in [6.07, 6.45) is 93.2. The standard InChI is InChI=1S/C73H120O6/c1-4-7-10-13-16-19-22-24-26-28-30-32-34-35-36-37-39-40-42-44-46-48-51-54-57-60-63-66-72(75)78-69-70(68-77-71(74)65-62-59-56-53-50-21-18-15-12-9-6-3)79-73(76)67-64-61-58-55-52-49-47-45-43-41-38-33-31-29-27-25-23-20-17-14-11-8-5-2/h7,10,16,19,23-26,29-32,35-36,38-41,44,46,51,54,70H,4-6,8-9,11-15,17-18,20-22,27-28,33-34,37,42-43,45,47-50,52-53,55-69H2,1-3H3/b10-7-,19-16-,25-23-,26-24-,31-29-,32-30-,36-35-,40-39-,41-38-,46-44-,54-51-. The third-order valence-electron chi connectivity index (χ3n) is 13.6. The van der Waals surface area contributed by atoms with Gasteiger partial charge in [-0.05, 0) is 122 Å². The number of unbranched alkanes of at least 4 members (excludes halogenated alkanes) is 25. The number of rotatable bonds is 58. The molecule has 0 saturated carbocycles.